The van der Waals surface area contributed by atoms with Gasteiger partial charge < -0.3 is 9.97 Å². The summed E-state index contributed by atoms with van der Waals surface area (Å²) in [6, 6.07) is 11.7. The number of nitrogens with one attached hydrogen (secondary N) is 2. The standard InChI is InChI=1S/C23H15N7OS/c1-12-27-11-18(32-12)20-19(14-4-5-16-13(9-14)3-2-6-24-16)28-17-10-15(21-25-7-8-26-21)23(31)30-22(17)29-20/h2-11H,1H3,(H,25,26)(H,29,30,31). The van der Waals surface area contributed by atoms with Crippen molar-refractivity contribution in [1.82, 2.24) is 34.9 Å². The first-order valence-corrected chi connectivity index (χ1v) is 10.7. The van der Waals surface area contributed by atoms with Crippen molar-refractivity contribution in [3.05, 3.63) is 76.5 Å². The van der Waals surface area contributed by atoms with Crippen molar-refractivity contribution in [2.45, 2.75) is 6.92 Å². The molecule has 5 aromatic heterocycles. The molecule has 1 aromatic carbocycles. The van der Waals surface area contributed by atoms with Crippen LogP contribution in [0.3, 0.4) is 0 Å². The quantitative estimate of drug-likeness (QED) is 0.425. The molecule has 8 nitrogen and oxygen atoms in total. The highest BCUT2D eigenvalue weighted by Gasteiger charge is 2.18. The number of thiazole rings is 1. The molecular weight excluding hydrogens is 422 g/mol. The summed E-state index contributed by atoms with van der Waals surface area (Å²) >= 11 is 1.53. The molecule has 0 aliphatic carbocycles. The van der Waals surface area contributed by atoms with Crippen LogP contribution in [0.5, 0.6) is 0 Å². The van der Waals surface area contributed by atoms with Gasteiger partial charge in [-0.25, -0.2) is 19.9 Å². The molecule has 0 amide bonds. The Hall–Kier alpha value is -4.24. The van der Waals surface area contributed by atoms with Gasteiger partial charge in [0.05, 0.1) is 26.7 Å². The van der Waals surface area contributed by atoms with Crippen molar-refractivity contribution in [1.29, 1.82) is 0 Å². The van der Waals surface area contributed by atoms with E-state index in [9.17, 15) is 4.79 Å². The molecule has 9 heteroatoms. The van der Waals surface area contributed by atoms with Gasteiger partial charge in [-0.1, -0.05) is 12.1 Å². The summed E-state index contributed by atoms with van der Waals surface area (Å²) in [6.45, 7) is 1.95. The zero-order chi connectivity index (χ0) is 21.7. The predicted octanol–water partition coefficient (Wildman–Crippen LogP) is 4.36. The summed E-state index contributed by atoms with van der Waals surface area (Å²) < 4.78 is 0. The number of hydrogen-bond acceptors (Lipinski definition) is 7. The van der Waals surface area contributed by atoms with Crippen LogP contribution in [0.15, 0.2) is 66.0 Å². The van der Waals surface area contributed by atoms with E-state index < -0.39 is 0 Å². The second-order valence-electron chi connectivity index (χ2n) is 7.26. The van der Waals surface area contributed by atoms with Crippen LogP contribution in [0.25, 0.3) is 55.3 Å². The number of aromatic amines is 2. The second-order valence-corrected chi connectivity index (χ2v) is 8.49. The summed E-state index contributed by atoms with van der Waals surface area (Å²) in [6.07, 6.45) is 6.84. The Morgan fingerprint density at radius 3 is 2.69 bits per heavy atom. The van der Waals surface area contributed by atoms with Gasteiger partial charge in [-0.15, -0.1) is 11.3 Å². The van der Waals surface area contributed by atoms with E-state index in [1.165, 1.54) is 11.3 Å². The first kappa shape index (κ1) is 18.5. The molecule has 0 fully saturated rings. The fraction of sp³-hybridized carbons (Fsp3) is 0.0435. The van der Waals surface area contributed by atoms with E-state index >= 15 is 0 Å². The molecule has 32 heavy (non-hydrogen) atoms. The normalized spacial score (nSPS) is 11.4. The molecule has 0 saturated carbocycles. The number of nitrogens with zero attached hydrogens (tertiary/aromatic N) is 5. The van der Waals surface area contributed by atoms with Gasteiger partial charge in [0.25, 0.3) is 5.56 Å². The van der Waals surface area contributed by atoms with Gasteiger partial charge >= 0.3 is 0 Å². The first-order chi connectivity index (χ1) is 15.7. The summed E-state index contributed by atoms with van der Waals surface area (Å²) in [5.41, 5.74) is 4.32. The van der Waals surface area contributed by atoms with Crippen LogP contribution < -0.4 is 5.56 Å². The number of rotatable bonds is 3. The van der Waals surface area contributed by atoms with Crippen molar-refractivity contribution in [2.24, 2.45) is 0 Å². The van der Waals surface area contributed by atoms with Crippen molar-refractivity contribution < 1.29 is 0 Å². The number of H-pyrrole nitrogens is 2. The van der Waals surface area contributed by atoms with Crippen LogP contribution in [-0.2, 0) is 0 Å². The highest BCUT2D eigenvalue weighted by molar-refractivity contribution is 7.15. The molecule has 2 N–H and O–H groups in total. The Balaban J connectivity index is 1.64. The lowest BCUT2D eigenvalue weighted by atomic mass is 10.1. The number of aryl methyl sites for hydroxylation is 1. The molecule has 0 aliphatic heterocycles. The van der Waals surface area contributed by atoms with Gasteiger partial charge in [0.15, 0.2) is 5.65 Å². The molecule has 6 rings (SSSR count). The van der Waals surface area contributed by atoms with Gasteiger partial charge in [-0.3, -0.25) is 9.78 Å². The number of aromatic nitrogens is 7. The molecule has 0 spiro atoms. The largest absolute Gasteiger partial charge is 0.344 e. The molecular formula is C23H15N7OS. The monoisotopic (exact) mass is 437 g/mol. The smallest absolute Gasteiger partial charge is 0.260 e. The zero-order valence-corrected chi connectivity index (χ0v) is 17.6. The number of hydrogen-bond donors (Lipinski definition) is 2. The molecule has 0 aliphatic rings. The van der Waals surface area contributed by atoms with Gasteiger partial charge in [-0.2, -0.15) is 0 Å². The Morgan fingerprint density at radius 1 is 0.938 bits per heavy atom. The first-order valence-electron chi connectivity index (χ1n) is 9.88. The Kier molecular flexibility index (Phi) is 4.15. The van der Waals surface area contributed by atoms with Crippen LogP contribution in [0.1, 0.15) is 5.01 Å². The summed E-state index contributed by atoms with van der Waals surface area (Å²) in [7, 11) is 0. The van der Waals surface area contributed by atoms with E-state index in [0.717, 1.165) is 26.4 Å². The third kappa shape index (κ3) is 3.07. The predicted molar refractivity (Wildman–Crippen MR) is 124 cm³/mol. The Morgan fingerprint density at radius 2 is 1.88 bits per heavy atom. The molecule has 5 heterocycles. The van der Waals surface area contributed by atoms with Gasteiger partial charge in [-0.05, 0) is 31.2 Å². The lowest BCUT2D eigenvalue weighted by molar-refractivity contribution is 1.18. The van der Waals surface area contributed by atoms with E-state index in [4.69, 9.17) is 9.97 Å². The van der Waals surface area contributed by atoms with Crippen LogP contribution in [0.4, 0.5) is 0 Å². The minimum absolute atomic E-state index is 0.280. The highest BCUT2D eigenvalue weighted by atomic mass is 32.1. The van der Waals surface area contributed by atoms with Crippen molar-refractivity contribution >= 4 is 33.4 Å². The molecule has 0 radical (unpaired) electrons. The molecule has 154 valence electrons. The van der Waals surface area contributed by atoms with Crippen LogP contribution in [0, 0.1) is 6.92 Å². The van der Waals surface area contributed by atoms with E-state index in [0.29, 0.717) is 33.9 Å². The fourth-order valence-corrected chi connectivity index (χ4v) is 4.44. The Labute approximate surface area is 185 Å². The van der Waals surface area contributed by atoms with Crippen LogP contribution in [0.2, 0.25) is 0 Å². The molecule has 0 unspecified atom stereocenters. The molecule has 0 saturated heterocycles. The number of benzene rings is 1. The van der Waals surface area contributed by atoms with E-state index in [-0.39, 0.29) is 5.56 Å². The average Bonchev–Trinajstić information content (AvgIpc) is 3.49. The third-order valence-electron chi connectivity index (χ3n) is 5.16. The van der Waals surface area contributed by atoms with Crippen molar-refractivity contribution in [2.75, 3.05) is 0 Å². The number of fused-ring (bicyclic) bond motifs is 2. The lowest BCUT2D eigenvalue weighted by Gasteiger charge is -2.10. The summed E-state index contributed by atoms with van der Waals surface area (Å²) in [4.78, 5) is 42.1. The summed E-state index contributed by atoms with van der Waals surface area (Å²) in [5.74, 6) is 0.482. The second kappa shape index (κ2) is 7.17. The van der Waals surface area contributed by atoms with Crippen molar-refractivity contribution in [3.63, 3.8) is 0 Å². The highest BCUT2D eigenvalue weighted by Crippen LogP contribution is 2.34. The maximum absolute atomic E-state index is 12.7. The summed E-state index contributed by atoms with van der Waals surface area (Å²) in [5, 5.41) is 1.94. The van der Waals surface area contributed by atoms with Crippen LogP contribution >= 0.6 is 11.3 Å². The fourth-order valence-electron chi connectivity index (χ4n) is 3.67. The maximum atomic E-state index is 12.7. The number of pyridine rings is 2. The average molecular weight is 437 g/mol. The van der Waals surface area contributed by atoms with Gasteiger partial charge in [0, 0.05) is 35.7 Å². The van der Waals surface area contributed by atoms with Crippen molar-refractivity contribution in [3.8, 4) is 33.2 Å². The minimum atomic E-state index is -0.280. The van der Waals surface area contributed by atoms with Crippen LogP contribution in [-0.4, -0.2) is 34.9 Å². The third-order valence-corrected chi connectivity index (χ3v) is 6.08. The van der Waals surface area contributed by atoms with E-state index in [1.807, 2.05) is 31.2 Å². The minimum Gasteiger partial charge on any atom is -0.344 e. The van der Waals surface area contributed by atoms with Gasteiger partial charge in [0.1, 0.15) is 17.0 Å². The Bertz CT molecular complexity index is 1670. The lowest BCUT2D eigenvalue weighted by Crippen LogP contribution is -2.11. The zero-order valence-electron chi connectivity index (χ0n) is 16.8. The molecule has 0 atom stereocenters. The van der Waals surface area contributed by atoms with Gasteiger partial charge in [0.2, 0.25) is 0 Å². The molecule has 0 bridgehead atoms. The number of imidazole rings is 1. The SMILES string of the molecule is Cc1ncc(-c2nc3[nH]c(=O)c(-c4ncc[nH]4)cc3nc2-c2ccc3ncccc3c2)s1. The topological polar surface area (TPSA) is 113 Å². The van der Waals surface area contributed by atoms with E-state index in [1.54, 1.807) is 30.9 Å². The molecule has 6 aromatic rings. The maximum Gasteiger partial charge on any atom is 0.260 e. The van der Waals surface area contributed by atoms with E-state index in [2.05, 4.69) is 31.0 Å².